The van der Waals surface area contributed by atoms with Gasteiger partial charge in [-0.2, -0.15) is 9.37 Å². The minimum absolute atomic E-state index is 0.391. The van der Waals surface area contributed by atoms with Gasteiger partial charge in [-0.3, -0.25) is 0 Å². The van der Waals surface area contributed by atoms with Gasteiger partial charge in [0.05, 0.1) is 10.0 Å². The molecule has 0 spiro atoms. The maximum atomic E-state index is 12.5. The number of rotatable bonds is 1. The predicted octanol–water partition coefficient (Wildman–Crippen LogP) is 2.71. The first-order valence-corrected chi connectivity index (χ1v) is 4.45. The molecule has 72 valence electrons. The van der Waals surface area contributed by atoms with E-state index in [1.165, 1.54) is 11.0 Å². The molecule has 0 aliphatic carbocycles. The first-order valence-electron chi connectivity index (χ1n) is 3.70. The monoisotopic (exact) mass is 231 g/mol. The molecule has 0 amide bonds. The molecule has 14 heavy (non-hydrogen) atoms. The topological polar surface area (TPSA) is 30.7 Å². The van der Waals surface area contributed by atoms with Crippen LogP contribution in [-0.4, -0.2) is 14.8 Å². The van der Waals surface area contributed by atoms with Crippen molar-refractivity contribution in [3.63, 3.8) is 0 Å². The Morgan fingerprint density at radius 3 is 2.36 bits per heavy atom. The molecule has 0 aliphatic rings. The van der Waals surface area contributed by atoms with Gasteiger partial charge in [-0.1, -0.05) is 29.3 Å². The van der Waals surface area contributed by atoms with Crippen LogP contribution in [0, 0.1) is 6.08 Å². The third-order valence-corrected chi connectivity index (χ3v) is 2.24. The molecule has 3 nitrogen and oxygen atoms in total. The lowest BCUT2D eigenvalue weighted by Crippen LogP contribution is -1.97. The highest BCUT2D eigenvalue weighted by Gasteiger charge is 2.09. The molecule has 1 heterocycles. The van der Waals surface area contributed by atoms with Crippen molar-refractivity contribution < 1.29 is 4.39 Å². The summed E-state index contributed by atoms with van der Waals surface area (Å²) in [6.07, 6.45) is 0.392. The van der Waals surface area contributed by atoms with Crippen LogP contribution in [0.25, 0.3) is 5.69 Å². The van der Waals surface area contributed by atoms with Gasteiger partial charge in [-0.25, -0.2) is 4.68 Å². The minimum atomic E-state index is -0.819. The highest BCUT2D eigenvalue weighted by atomic mass is 35.5. The zero-order valence-corrected chi connectivity index (χ0v) is 8.30. The minimum Gasteiger partial charge on any atom is -0.215 e. The molecule has 0 atom stereocenters. The van der Waals surface area contributed by atoms with Gasteiger partial charge in [0.15, 0.2) is 0 Å². The maximum Gasteiger partial charge on any atom is 0.327 e. The summed E-state index contributed by atoms with van der Waals surface area (Å²) in [4.78, 5) is 3.34. The maximum absolute atomic E-state index is 12.5. The summed E-state index contributed by atoms with van der Waals surface area (Å²) in [5.74, 6) is 0. The van der Waals surface area contributed by atoms with Crippen LogP contribution in [0.15, 0.2) is 24.5 Å². The third kappa shape index (κ3) is 1.58. The second-order valence-electron chi connectivity index (χ2n) is 2.53. The normalized spacial score (nSPS) is 10.5. The number of hydrogen-bond acceptors (Lipinski definition) is 2. The Labute approximate surface area is 89.1 Å². The lowest BCUT2D eigenvalue weighted by atomic mass is 10.3. The molecule has 0 radical (unpaired) electrons. The molecule has 0 aliphatic heterocycles. The predicted molar refractivity (Wildman–Crippen MR) is 51.3 cm³/mol. The van der Waals surface area contributed by atoms with Crippen molar-refractivity contribution in [2.45, 2.75) is 0 Å². The number of aromatic nitrogens is 3. The van der Waals surface area contributed by atoms with Crippen LogP contribution in [0.1, 0.15) is 0 Å². The van der Waals surface area contributed by atoms with Gasteiger partial charge >= 0.3 is 6.08 Å². The zero-order valence-electron chi connectivity index (χ0n) is 6.78. The molecular formula is C8H4Cl2FN3. The van der Waals surface area contributed by atoms with Crippen LogP contribution < -0.4 is 0 Å². The molecule has 0 fully saturated rings. The molecule has 0 unspecified atom stereocenters. The van der Waals surface area contributed by atoms with Crippen LogP contribution >= 0.6 is 23.2 Å². The molecule has 2 aromatic rings. The van der Waals surface area contributed by atoms with E-state index >= 15 is 0 Å². The number of benzene rings is 1. The van der Waals surface area contributed by atoms with Gasteiger partial charge in [0, 0.05) is 0 Å². The van der Waals surface area contributed by atoms with E-state index in [-0.39, 0.29) is 0 Å². The van der Waals surface area contributed by atoms with E-state index in [2.05, 4.69) is 10.1 Å². The van der Waals surface area contributed by atoms with E-state index in [1.807, 2.05) is 0 Å². The number of para-hydroxylation sites is 1. The molecule has 0 N–H and O–H groups in total. The van der Waals surface area contributed by atoms with E-state index in [0.29, 0.717) is 15.7 Å². The largest absolute Gasteiger partial charge is 0.327 e. The lowest BCUT2D eigenvalue weighted by Gasteiger charge is -2.04. The molecule has 1 aromatic carbocycles. The average molecular weight is 232 g/mol. The van der Waals surface area contributed by atoms with Crippen molar-refractivity contribution in [2.75, 3.05) is 0 Å². The van der Waals surface area contributed by atoms with Crippen molar-refractivity contribution in [3.05, 3.63) is 40.6 Å². The van der Waals surface area contributed by atoms with E-state index in [9.17, 15) is 4.39 Å². The number of halogens is 3. The zero-order chi connectivity index (χ0) is 10.1. The number of hydrogen-bond donors (Lipinski definition) is 0. The summed E-state index contributed by atoms with van der Waals surface area (Å²) in [5, 5.41) is 4.25. The Balaban J connectivity index is 2.61. The Hall–Kier alpha value is -1.13. The summed E-state index contributed by atoms with van der Waals surface area (Å²) in [7, 11) is 0. The van der Waals surface area contributed by atoms with Gasteiger partial charge < -0.3 is 0 Å². The highest BCUT2D eigenvalue weighted by Crippen LogP contribution is 2.27. The molecule has 0 saturated carbocycles. The quantitative estimate of drug-likeness (QED) is 0.756. The van der Waals surface area contributed by atoms with E-state index in [0.717, 1.165) is 0 Å². The molecule has 0 bridgehead atoms. The fourth-order valence-electron chi connectivity index (χ4n) is 1.06. The second-order valence-corrected chi connectivity index (χ2v) is 3.34. The van der Waals surface area contributed by atoms with Crippen LogP contribution in [0.2, 0.25) is 10.0 Å². The summed E-state index contributed by atoms with van der Waals surface area (Å²) in [6.45, 7) is 0. The fraction of sp³-hybridized carbons (Fsp3) is 0. The SMILES string of the molecule is Fc1ncn(-c2c(Cl)cccc2Cl)n1. The molecule has 6 heteroatoms. The van der Waals surface area contributed by atoms with Crippen molar-refractivity contribution in [1.82, 2.24) is 14.8 Å². The van der Waals surface area contributed by atoms with Gasteiger partial charge in [0.2, 0.25) is 0 Å². The van der Waals surface area contributed by atoms with Gasteiger partial charge in [0.25, 0.3) is 0 Å². The Morgan fingerprint density at radius 2 is 1.86 bits per heavy atom. The van der Waals surface area contributed by atoms with Crippen LogP contribution in [-0.2, 0) is 0 Å². The van der Waals surface area contributed by atoms with Crippen molar-refractivity contribution >= 4 is 23.2 Å². The highest BCUT2D eigenvalue weighted by molar-refractivity contribution is 6.37. The van der Waals surface area contributed by atoms with E-state index in [4.69, 9.17) is 23.2 Å². The molecular weight excluding hydrogens is 228 g/mol. The van der Waals surface area contributed by atoms with Crippen molar-refractivity contribution in [2.24, 2.45) is 0 Å². The first kappa shape index (κ1) is 9.43. The number of nitrogens with zero attached hydrogens (tertiary/aromatic N) is 3. The molecule has 2 rings (SSSR count). The van der Waals surface area contributed by atoms with Gasteiger partial charge in [-0.05, 0) is 12.1 Å². The van der Waals surface area contributed by atoms with E-state index in [1.54, 1.807) is 18.2 Å². The smallest absolute Gasteiger partial charge is 0.215 e. The van der Waals surface area contributed by atoms with E-state index < -0.39 is 6.08 Å². The van der Waals surface area contributed by atoms with Gasteiger partial charge in [-0.15, -0.1) is 5.10 Å². The Bertz CT molecular complexity index is 449. The standard InChI is InChI=1S/C8H4Cl2FN3/c9-5-2-1-3-6(10)7(5)14-4-12-8(11)13-14/h1-4H. The van der Waals surface area contributed by atoms with Crippen molar-refractivity contribution in [3.8, 4) is 5.69 Å². The third-order valence-electron chi connectivity index (χ3n) is 1.63. The Kier molecular flexibility index (Phi) is 2.39. The molecule has 0 saturated heterocycles. The fourth-order valence-corrected chi connectivity index (χ4v) is 1.63. The lowest BCUT2D eigenvalue weighted by molar-refractivity contribution is 0.536. The summed E-state index contributed by atoms with van der Waals surface area (Å²) < 4.78 is 13.7. The Morgan fingerprint density at radius 1 is 1.21 bits per heavy atom. The second kappa shape index (κ2) is 3.55. The molecule has 1 aromatic heterocycles. The van der Waals surface area contributed by atoms with Crippen molar-refractivity contribution in [1.29, 1.82) is 0 Å². The van der Waals surface area contributed by atoms with Crippen LogP contribution in [0.4, 0.5) is 4.39 Å². The first-order chi connectivity index (χ1) is 6.68. The summed E-state index contributed by atoms with van der Waals surface area (Å²) >= 11 is 11.8. The summed E-state index contributed by atoms with van der Waals surface area (Å²) in [5.41, 5.74) is 0.423. The summed E-state index contributed by atoms with van der Waals surface area (Å²) in [6, 6.07) is 4.98. The van der Waals surface area contributed by atoms with Crippen LogP contribution in [0.3, 0.4) is 0 Å². The van der Waals surface area contributed by atoms with Gasteiger partial charge in [0.1, 0.15) is 12.0 Å². The average Bonchev–Trinajstić information content (AvgIpc) is 2.51. The van der Waals surface area contributed by atoms with Crippen LogP contribution in [0.5, 0.6) is 0 Å².